The van der Waals surface area contributed by atoms with Crippen molar-refractivity contribution >= 4 is 63.8 Å². The average Bonchev–Trinajstić information content (AvgIpc) is 3.34. The normalized spacial score (nSPS) is 19.7. The second-order valence-corrected chi connectivity index (χ2v) is 10.1. The van der Waals surface area contributed by atoms with Gasteiger partial charge in [-0.2, -0.15) is 0 Å². The number of thioether (sulfide) groups is 1. The topological polar surface area (TPSA) is 175 Å². The summed E-state index contributed by atoms with van der Waals surface area (Å²) in [7, 11) is 1.27. The van der Waals surface area contributed by atoms with E-state index in [1.54, 1.807) is 36.0 Å². The van der Waals surface area contributed by atoms with Gasteiger partial charge in [-0.25, -0.2) is 9.78 Å². The molecule has 1 fully saturated rings. The van der Waals surface area contributed by atoms with Gasteiger partial charge in [-0.15, -0.1) is 23.1 Å². The Balaban J connectivity index is 1.58. The molecule has 0 bridgehead atoms. The summed E-state index contributed by atoms with van der Waals surface area (Å²) in [5.74, 6) is -2.38. The van der Waals surface area contributed by atoms with Crippen molar-refractivity contribution in [2.75, 3.05) is 18.6 Å². The largest absolute Gasteiger partial charge is 0.426 e. The SMILES string of the molecule is CON=C(C(=O)N[C@@H]1C(=O)N2C(C(=O)OC(C)OC(C)=O)=C(/C=C/c3cccnc3)CS[C@H]12)c1csc(N)n1. The third-order valence-corrected chi connectivity index (χ3v) is 7.38. The highest BCUT2D eigenvalue weighted by atomic mass is 32.2. The predicted octanol–water partition coefficient (Wildman–Crippen LogP) is 1.29. The van der Waals surface area contributed by atoms with Crippen LogP contribution < -0.4 is 11.1 Å². The quantitative estimate of drug-likeness (QED) is 0.146. The molecule has 4 rings (SSSR count). The lowest BCUT2D eigenvalue weighted by molar-refractivity contribution is -0.182. The first-order valence-corrected chi connectivity index (χ1v) is 13.4. The van der Waals surface area contributed by atoms with Crippen LogP contribution in [0.2, 0.25) is 0 Å². The molecule has 0 saturated carbocycles. The van der Waals surface area contributed by atoms with E-state index in [0.717, 1.165) is 16.9 Å². The van der Waals surface area contributed by atoms with Gasteiger partial charge in [0.1, 0.15) is 29.9 Å². The Bertz CT molecular complexity index is 1370. The number of thiazole rings is 1. The molecule has 0 aliphatic carbocycles. The van der Waals surface area contributed by atoms with Crippen LogP contribution in [0.1, 0.15) is 25.1 Å². The zero-order chi connectivity index (χ0) is 28.1. The van der Waals surface area contributed by atoms with Crippen LogP contribution in [-0.4, -0.2) is 74.9 Å². The molecule has 2 aliphatic rings. The molecule has 2 amide bonds. The number of oxime groups is 1. The molecular formula is C24H24N6O7S2. The summed E-state index contributed by atoms with van der Waals surface area (Å²) in [4.78, 5) is 64.9. The van der Waals surface area contributed by atoms with Gasteiger partial charge in [-0.3, -0.25) is 24.3 Å². The van der Waals surface area contributed by atoms with Crippen molar-refractivity contribution in [3.05, 3.63) is 58.5 Å². The van der Waals surface area contributed by atoms with E-state index in [-0.39, 0.29) is 22.2 Å². The number of aromatic nitrogens is 2. The maximum Gasteiger partial charge on any atom is 0.358 e. The monoisotopic (exact) mass is 572 g/mol. The average molecular weight is 573 g/mol. The molecule has 3 N–H and O–H groups in total. The number of esters is 2. The van der Waals surface area contributed by atoms with E-state index in [1.165, 1.54) is 37.6 Å². The van der Waals surface area contributed by atoms with Crippen molar-refractivity contribution in [2.24, 2.45) is 5.16 Å². The van der Waals surface area contributed by atoms with Gasteiger partial charge in [-0.1, -0.05) is 23.4 Å². The van der Waals surface area contributed by atoms with Crippen molar-refractivity contribution in [3.8, 4) is 0 Å². The van der Waals surface area contributed by atoms with Crippen LogP contribution in [0.25, 0.3) is 6.08 Å². The number of pyridine rings is 1. The van der Waals surface area contributed by atoms with Gasteiger partial charge in [0.15, 0.2) is 10.8 Å². The second-order valence-electron chi connectivity index (χ2n) is 8.13. The molecule has 1 saturated heterocycles. The van der Waals surface area contributed by atoms with E-state index in [0.29, 0.717) is 11.3 Å². The van der Waals surface area contributed by atoms with Gasteiger partial charge in [0.25, 0.3) is 11.8 Å². The number of carbonyl (C=O) groups excluding carboxylic acids is 4. The summed E-state index contributed by atoms with van der Waals surface area (Å²) < 4.78 is 10.2. The first kappa shape index (κ1) is 27.8. The smallest absolute Gasteiger partial charge is 0.358 e. The van der Waals surface area contributed by atoms with Crippen molar-refractivity contribution in [1.82, 2.24) is 20.2 Å². The minimum absolute atomic E-state index is 0.00792. The summed E-state index contributed by atoms with van der Waals surface area (Å²) in [5.41, 5.74) is 7.00. The Morgan fingerprint density at radius 2 is 2.10 bits per heavy atom. The lowest BCUT2D eigenvalue weighted by Gasteiger charge is -2.49. The molecule has 4 heterocycles. The Morgan fingerprint density at radius 3 is 2.74 bits per heavy atom. The second kappa shape index (κ2) is 12.1. The summed E-state index contributed by atoms with van der Waals surface area (Å²) in [6.07, 6.45) is 5.55. The van der Waals surface area contributed by atoms with Crippen molar-refractivity contribution < 1.29 is 33.5 Å². The number of β-lactam (4-membered cyclic amide) rings is 1. The molecule has 204 valence electrons. The van der Waals surface area contributed by atoms with Crippen LogP contribution in [0.4, 0.5) is 5.13 Å². The fourth-order valence-electron chi connectivity index (χ4n) is 3.80. The number of allylic oxidation sites excluding steroid dienone is 1. The zero-order valence-electron chi connectivity index (χ0n) is 21.0. The van der Waals surface area contributed by atoms with Crippen LogP contribution in [0.15, 0.2) is 52.4 Å². The predicted molar refractivity (Wildman–Crippen MR) is 143 cm³/mol. The number of amides is 2. The number of hydrogen-bond donors (Lipinski definition) is 2. The van der Waals surface area contributed by atoms with Gasteiger partial charge in [0, 0.05) is 37.4 Å². The Hall–Kier alpha value is -4.24. The van der Waals surface area contributed by atoms with E-state index < -0.39 is 41.5 Å². The number of nitrogens with two attached hydrogens (primary N) is 1. The third kappa shape index (κ3) is 6.26. The molecule has 0 aromatic carbocycles. The van der Waals surface area contributed by atoms with Crippen LogP contribution >= 0.6 is 23.1 Å². The summed E-state index contributed by atoms with van der Waals surface area (Å²) in [6, 6.07) is 2.64. The molecule has 2 aliphatic heterocycles. The number of rotatable bonds is 9. The Kier molecular flexibility index (Phi) is 8.61. The lowest BCUT2D eigenvalue weighted by Crippen LogP contribution is -2.71. The van der Waals surface area contributed by atoms with Crippen LogP contribution in [0.3, 0.4) is 0 Å². The molecule has 39 heavy (non-hydrogen) atoms. The summed E-state index contributed by atoms with van der Waals surface area (Å²) in [5, 5.41) is 7.56. The van der Waals surface area contributed by atoms with Gasteiger partial charge < -0.3 is 25.4 Å². The number of ether oxygens (including phenoxy) is 2. The number of nitrogens with one attached hydrogen (secondary N) is 1. The minimum Gasteiger partial charge on any atom is -0.426 e. The molecule has 0 radical (unpaired) electrons. The first-order valence-electron chi connectivity index (χ1n) is 11.5. The Labute approximate surface area is 231 Å². The third-order valence-electron chi connectivity index (χ3n) is 5.41. The molecule has 13 nitrogen and oxygen atoms in total. The molecule has 3 atom stereocenters. The summed E-state index contributed by atoms with van der Waals surface area (Å²) >= 11 is 2.47. The number of carbonyl (C=O) groups is 4. The fraction of sp³-hybridized carbons (Fsp3) is 0.292. The van der Waals surface area contributed by atoms with E-state index >= 15 is 0 Å². The molecule has 15 heteroatoms. The van der Waals surface area contributed by atoms with Gasteiger partial charge in [-0.05, 0) is 17.2 Å². The number of anilines is 1. The number of nitrogens with zero attached hydrogens (tertiary/aromatic N) is 4. The van der Waals surface area contributed by atoms with Crippen LogP contribution in [-0.2, 0) is 33.5 Å². The number of nitrogen functional groups attached to an aromatic ring is 1. The fourth-order valence-corrected chi connectivity index (χ4v) is 5.66. The first-order chi connectivity index (χ1) is 18.7. The maximum absolute atomic E-state index is 13.3. The van der Waals surface area contributed by atoms with Crippen LogP contribution in [0.5, 0.6) is 0 Å². The Morgan fingerprint density at radius 1 is 1.31 bits per heavy atom. The highest BCUT2D eigenvalue weighted by Crippen LogP contribution is 2.41. The molecule has 1 unspecified atom stereocenters. The highest BCUT2D eigenvalue weighted by Gasteiger charge is 2.54. The molecule has 2 aromatic heterocycles. The molecular weight excluding hydrogens is 548 g/mol. The van der Waals surface area contributed by atoms with Crippen molar-refractivity contribution in [1.29, 1.82) is 0 Å². The standard InChI is InChI=1S/C24H24N6O7S2/c1-12(31)36-13(2)37-23(34)19-15(7-6-14-5-4-8-26-9-14)10-38-22-18(21(33)30(19)22)28-20(32)17(29-35-3)16-11-39-24(25)27-16/h4-9,11,13,18,22H,10H2,1-3H3,(H2,25,27)(H,28,32)/b7-6+,29-17?/t13?,18-,22-/m1/s1. The molecule has 2 aromatic rings. The van der Waals surface area contributed by atoms with Crippen LogP contribution in [0, 0.1) is 0 Å². The van der Waals surface area contributed by atoms with E-state index in [4.69, 9.17) is 20.0 Å². The maximum atomic E-state index is 13.3. The minimum atomic E-state index is -1.18. The number of hydrogen-bond acceptors (Lipinski definition) is 13. The highest BCUT2D eigenvalue weighted by molar-refractivity contribution is 8.00. The van der Waals surface area contributed by atoms with Crippen molar-refractivity contribution in [3.63, 3.8) is 0 Å². The number of fused-ring (bicyclic) bond motifs is 1. The van der Waals surface area contributed by atoms with Gasteiger partial charge in [0.05, 0.1) is 0 Å². The van der Waals surface area contributed by atoms with E-state index in [9.17, 15) is 19.2 Å². The van der Waals surface area contributed by atoms with E-state index in [2.05, 4.69) is 20.4 Å². The summed E-state index contributed by atoms with van der Waals surface area (Å²) in [6.45, 7) is 2.58. The van der Waals surface area contributed by atoms with Crippen molar-refractivity contribution in [2.45, 2.75) is 31.6 Å². The zero-order valence-corrected chi connectivity index (χ0v) is 22.7. The van der Waals surface area contributed by atoms with Gasteiger partial charge in [0.2, 0.25) is 6.29 Å². The van der Waals surface area contributed by atoms with E-state index in [1.807, 2.05) is 6.07 Å². The lowest BCUT2D eigenvalue weighted by atomic mass is 10.0. The molecule has 0 spiro atoms. The van der Waals surface area contributed by atoms with Gasteiger partial charge >= 0.3 is 11.9 Å².